The van der Waals surface area contributed by atoms with Gasteiger partial charge in [0.1, 0.15) is 11.4 Å². The molecule has 0 atom stereocenters. The van der Waals surface area contributed by atoms with Crippen molar-refractivity contribution in [3.05, 3.63) is 42.5 Å². The number of carbonyl (C=O) groups is 1. The van der Waals surface area contributed by atoms with Crippen molar-refractivity contribution in [2.45, 2.75) is 13.5 Å². The lowest BCUT2D eigenvalue weighted by Gasteiger charge is -2.10. The van der Waals surface area contributed by atoms with E-state index in [4.69, 9.17) is 9.15 Å². The number of furan rings is 1. The molecule has 0 radical (unpaired) electrons. The maximum atomic E-state index is 11.7. The van der Waals surface area contributed by atoms with E-state index in [1.165, 1.54) is 0 Å². The van der Waals surface area contributed by atoms with Gasteiger partial charge in [0.15, 0.2) is 0 Å². The molecule has 19 heavy (non-hydrogen) atoms. The van der Waals surface area contributed by atoms with Gasteiger partial charge in [-0.05, 0) is 31.2 Å². The minimum atomic E-state index is -0.342. The molecule has 2 N–H and O–H groups in total. The van der Waals surface area contributed by atoms with Gasteiger partial charge in [-0.15, -0.1) is 0 Å². The standard InChI is InChI=1S/C13H15N3O3/c1-2-18-12-11(6-3-7-14-12)16-13(17)15-9-10-5-4-8-19-10/h3-8H,2,9H2,1H3,(H2,15,16,17). The molecule has 0 unspecified atom stereocenters. The number of urea groups is 1. The van der Waals surface area contributed by atoms with Crippen LogP contribution in [0.3, 0.4) is 0 Å². The number of hydrogen-bond acceptors (Lipinski definition) is 4. The maximum Gasteiger partial charge on any atom is 0.319 e. The van der Waals surface area contributed by atoms with Gasteiger partial charge in [0, 0.05) is 6.20 Å². The van der Waals surface area contributed by atoms with Crippen LogP contribution in [0.25, 0.3) is 0 Å². The summed E-state index contributed by atoms with van der Waals surface area (Å²) in [4.78, 5) is 15.8. The van der Waals surface area contributed by atoms with Crippen LogP contribution in [0.2, 0.25) is 0 Å². The zero-order valence-electron chi connectivity index (χ0n) is 10.6. The summed E-state index contributed by atoms with van der Waals surface area (Å²) in [6.45, 7) is 2.66. The third-order valence-corrected chi connectivity index (χ3v) is 2.30. The van der Waals surface area contributed by atoms with Crippen molar-refractivity contribution in [2.75, 3.05) is 11.9 Å². The normalized spacial score (nSPS) is 9.95. The van der Waals surface area contributed by atoms with Crippen molar-refractivity contribution in [3.63, 3.8) is 0 Å². The lowest BCUT2D eigenvalue weighted by Crippen LogP contribution is -2.28. The average molecular weight is 261 g/mol. The summed E-state index contributed by atoms with van der Waals surface area (Å²) in [6, 6.07) is 6.67. The molecule has 0 spiro atoms. The van der Waals surface area contributed by atoms with E-state index < -0.39 is 0 Å². The van der Waals surface area contributed by atoms with Crippen LogP contribution in [0.5, 0.6) is 5.88 Å². The van der Waals surface area contributed by atoms with Crippen LogP contribution >= 0.6 is 0 Å². The summed E-state index contributed by atoms with van der Waals surface area (Å²) in [5, 5.41) is 5.35. The minimum Gasteiger partial charge on any atom is -0.476 e. The summed E-state index contributed by atoms with van der Waals surface area (Å²) in [7, 11) is 0. The second-order valence-corrected chi connectivity index (χ2v) is 3.68. The fourth-order valence-electron chi connectivity index (χ4n) is 1.48. The van der Waals surface area contributed by atoms with Crippen LogP contribution in [-0.2, 0) is 6.54 Å². The molecule has 0 aliphatic carbocycles. The Hall–Kier alpha value is -2.50. The number of anilines is 1. The number of nitrogens with zero attached hydrogens (tertiary/aromatic N) is 1. The molecule has 0 saturated heterocycles. The molecule has 2 aromatic rings. The van der Waals surface area contributed by atoms with Gasteiger partial charge in [0.25, 0.3) is 0 Å². The molecule has 2 rings (SSSR count). The molecule has 2 heterocycles. The Morgan fingerprint density at radius 1 is 1.42 bits per heavy atom. The molecule has 6 nitrogen and oxygen atoms in total. The number of rotatable bonds is 5. The minimum absolute atomic E-state index is 0.322. The molecule has 0 aliphatic heterocycles. The van der Waals surface area contributed by atoms with Crippen LogP contribution in [-0.4, -0.2) is 17.6 Å². The van der Waals surface area contributed by atoms with E-state index in [0.29, 0.717) is 30.5 Å². The van der Waals surface area contributed by atoms with Crippen LogP contribution in [0.15, 0.2) is 41.1 Å². The first kappa shape index (κ1) is 12.9. The molecule has 0 aliphatic rings. The van der Waals surface area contributed by atoms with E-state index in [1.807, 2.05) is 6.92 Å². The van der Waals surface area contributed by atoms with Crippen molar-refractivity contribution in [1.82, 2.24) is 10.3 Å². The number of pyridine rings is 1. The van der Waals surface area contributed by atoms with Gasteiger partial charge in [-0.2, -0.15) is 0 Å². The number of hydrogen-bond donors (Lipinski definition) is 2. The van der Waals surface area contributed by atoms with Gasteiger partial charge in [-0.25, -0.2) is 9.78 Å². The van der Waals surface area contributed by atoms with E-state index in [1.54, 1.807) is 36.7 Å². The largest absolute Gasteiger partial charge is 0.476 e. The Balaban J connectivity index is 1.91. The molecule has 0 saturated carbocycles. The fraction of sp³-hybridized carbons (Fsp3) is 0.231. The Labute approximate surface area is 110 Å². The zero-order chi connectivity index (χ0) is 13.5. The van der Waals surface area contributed by atoms with Gasteiger partial charge in [-0.3, -0.25) is 0 Å². The van der Waals surface area contributed by atoms with Crippen LogP contribution in [0.1, 0.15) is 12.7 Å². The Morgan fingerprint density at radius 3 is 3.05 bits per heavy atom. The predicted molar refractivity (Wildman–Crippen MR) is 70.0 cm³/mol. The summed E-state index contributed by atoms with van der Waals surface area (Å²) < 4.78 is 10.4. The summed E-state index contributed by atoms with van der Waals surface area (Å²) in [5.74, 6) is 1.09. The molecule has 2 aromatic heterocycles. The van der Waals surface area contributed by atoms with Crippen molar-refractivity contribution in [2.24, 2.45) is 0 Å². The van der Waals surface area contributed by atoms with Crippen LogP contribution in [0.4, 0.5) is 10.5 Å². The van der Waals surface area contributed by atoms with Crippen molar-refractivity contribution < 1.29 is 13.9 Å². The second-order valence-electron chi connectivity index (χ2n) is 3.68. The topological polar surface area (TPSA) is 76.4 Å². The van der Waals surface area contributed by atoms with Crippen molar-refractivity contribution in [1.29, 1.82) is 0 Å². The lowest BCUT2D eigenvalue weighted by atomic mass is 10.4. The van der Waals surface area contributed by atoms with Gasteiger partial charge in [0.05, 0.1) is 19.4 Å². The fourth-order valence-corrected chi connectivity index (χ4v) is 1.48. The smallest absolute Gasteiger partial charge is 0.319 e. The van der Waals surface area contributed by atoms with E-state index in [-0.39, 0.29) is 6.03 Å². The van der Waals surface area contributed by atoms with E-state index in [2.05, 4.69) is 15.6 Å². The first-order valence-electron chi connectivity index (χ1n) is 5.94. The van der Waals surface area contributed by atoms with Crippen molar-refractivity contribution >= 4 is 11.7 Å². The van der Waals surface area contributed by atoms with Crippen LogP contribution < -0.4 is 15.4 Å². The van der Waals surface area contributed by atoms with Gasteiger partial charge >= 0.3 is 6.03 Å². The Bertz CT molecular complexity index is 526. The molecule has 0 bridgehead atoms. The highest BCUT2D eigenvalue weighted by Gasteiger charge is 2.08. The summed E-state index contributed by atoms with van der Waals surface area (Å²) in [6.07, 6.45) is 3.17. The van der Waals surface area contributed by atoms with E-state index in [0.717, 1.165) is 0 Å². The molecule has 100 valence electrons. The Morgan fingerprint density at radius 2 is 2.32 bits per heavy atom. The first-order valence-corrected chi connectivity index (χ1v) is 5.94. The Kier molecular flexibility index (Phi) is 4.39. The quantitative estimate of drug-likeness (QED) is 0.866. The molecular formula is C13H15N3O3. The van der Waals surface area contributed by atoms with Gasteiger partial charge < -0.3 is 19.8 Å². The number of aromatic nitrogens is 1. The first-order chi connectivity index (χ1) is 9.29. The highest BCUT2D eigenvalue weighted by atomic mass is 16.5. The number of nitrogens with one attached hydrogen (secondary N) is 2. The highest BCUT2D eigenvalue weighted by Crippen LogP contribution is 2.20. The summed E-state index contributed by atoms with van der Waals surface area (Å²) in [5.41, 5.74) is 0.529. The van der Waals surface area contributed by atoms with Gasteiger partial charge in [-0.1, -0.05) is 0 Å². The van der Waals surface area contributed by atoms with Gasteiger partial charge in [0.2, 0.25) is 5.88 Å². The molecule has 0 fully saturated rings. The average Bonchev–Trinajstić information content (AvgIpc) is 2.92. The molecule has 2 amide bonds. The third kappa shape index (κ3) is 3.74. The number of amides is 2. The monoisotopic (exact) mass is 261 g/mol. The lowest BCUT2D eigenvalue weighted by molar-refractivity contribution is 0.250. The summed E-state index contributed by atoms with van der Waals surface area (Å²) >= 11 is 0. The van der Waals surface area contributed by atoms with E-state index >= 15 is 0 Å². The SMILES string of the molecule is CCOc1ncccc1NC(=O)NCc1ccco1. The second kappa shape index (κ2) is 6.44. The van der Waals surface area contributed by atoms with Crippen LogP contribution in [0, 0.1) is 0 Å². The van der Waals surface area contributed by atoms with Crippen molar-refractivity contribution in [3.8, 4) is 5.88 Å². The molecule has 6 heteroatoms. The third-order valence-electron chi connectivity index (χ3n) is 2.30. The predicted octanol–water partition coefficient (Wildman–Crippen LogP) is 2.40. The highest BCUT2D eigenvalue weighted by molar-refractivity contribution is 5.90. The maximum absolute atomic E-state index is 11.7. The number of carbonyl (C=O) groups excluding carboxylic acids is 1. The van der Waals surface area contributed by atoms with E-state index in [9.17, 15) is 4.79 Å². The molecule has 0 aromatic carbocycles. The molecular weight excluding hydrogens is 246 g/mol. The number of ether oxygens (including phenoxy) is 1. The zero-order valence-corrected chi connectivity index (χ0v) is 10.6.